The Morgan fingerprint density at radius 3 is 2.39 bits per heavy atom. The molecule has 1 heteroatoms. The Kier molecular flexibility index (Phi) is 4.80. The monoisotopic (exact) mass is 298 g/mol. The zero-order valence-electron chi connectivity index (χ0n) is 12.9. The van der Waals surface area contributed by atoms with E-state index in [9.17, 15) is 4.79 Å². The van der Waals surface area contributed by atoms with E-state index < -0.39 is 0 Å². The van der Waals surface area contributed by atoms with Gasteiger partial charge in [0.25, 0.3) is 0 Å². The Balaban J connectivity index is 1.68. The second-order valence-electron chi connectivity index (χ2n) is 5.37. The molecule has 0 fully saturated rings. The van der Waals surface area contributed by atoms with Gasteiger partial charge in [-0.2, -0.15) is 0 Å². The molecular weight excluding hydrogens is 280 g/mol. The molecule has 1 nitrogen and oxygen atoms in total. The second kappa shape index (κ2) is 7.37. The lowest BCUT2D eigenvalue weighted by molar-refractivity contribution is 0.104. The number of carbonyl (C=O) groups is 1. The zero-order valence-corrected chi connectivity index (χ0v) is 12.9. The summed E-state index contributed by atoms with van der Waals surface area (Å²) in [4.78, 5) is 12.4. The number of allylic oxidation sites excluding steroid dienone is 4. The smallest absolute Gasteiger partial charge is 0.186 e. The van der Waals surface area contributed by atoms with Gasteiger partial charge in [-0.1, -0.05) is 91.0 Å². The molecular formula is C22H18O. The molecule has 0 saturated heterocycles. The van der Waals surface area contributed by atoms with Gasteiger partial charge in [0.05, 0.1) is 0 Å². The van der Waals surface area contributed by atoms with Crippen LogP contribution < -0.4 is 0 Å². The number of fused-ring (bicyclic) bond motifs is 1. The van der Waals surface area contributed by atoms with Crippen LogP contribution in [0.15, 0.2) is 97.1 Å². The van der Waals surface area contributed by atoms with Crippen LogP contribution in [-0.4, -0.2) is 5.78 Å². The largest absolute Gasteiger partial charge is 0.289 e. The van der Waals surface area contributed by atoms with Crippen LogP contribution in [0, 0.1) is 0 Å². The maximum Gasteiger partial charge on any atom is 0.186 e. The van der Waals surface area contributed by atoms with E-state index in [1.807, 2.05) is 72.8 Å². The van der Waals surface area contributed by atoms with E-state index in [1.54, 1.807) is 6.08 Å². The summed E-state index contributed by atoms with van der Waals surface area (Å²) in [5, 5.41) is 2.09. The molecule has 3 aromatic carbocycles. The predicted molar refractivity (Wildman–Crippen MR) is 96.7 cm³/mol. The molecule has 3 aromatic rings. The Labute approximate surface area is 136 Å². The van der Waals surface area contributed by atoms with Crippen molar-refractivity contribution < 1.29 is 4.79 Å². The number of ketones is 1. The first-order valence-corrected chi connectivity index (χ1v) is 7.74. The molecule has 0 aromatic heterocycles. The number of hydrogen-bond acceptors (Lipinski definition) is 1. The van der Waals surface area contributed by atoms with Gasteiger partial charge in [0.15, 0.2) is 5.78 Å². The van der Waals surface area contributed by atoms with Gasteiger partial charge in [0.2, 0.25) is 0 Å². The lowest BCUT2D eigenvalue weighted by atomic mass is 10.0. The van der Waals surface area contributed by atoms with Gasteiger partial charge in [-0.3, -0.25) is 4.79 Å². The topological polar surface area (TPSA) is 17.1 Å². The molecule has 0 bridgehead atoms. The van der Waals surface area contributed by atoms with Crippen molar-refractivity contribution in [3.05, 3.63) is 108 Å². The van der Waals surface area contributed by atoms with Crippen molar-refractivity contribution >= 4 is 16.6 Å². The summed E-state index contributed by atoms with van der Waals surface area (Å²) in [5.74, 6) is 0.0335. The molecule has 0 unspecified atom stereocenters. The van der Waals surface area contributed by atoms with Crippen LogP contribution in [0.5, 0.6) is 0 Å². The second-order valence-corrected chi connectivity index (χ2v) is 5.37. The van der Waals surface area contributed by atoms with Gasteiger partial charge in [0, 0.05) is 5.56 Å². The number of carbonyl (C=O) groups excluding carboxylic acids is 1. The van der Waals surface area contributed by atoms with Crippen LogP contribution in [0.25, 0.3) is 10.8 Å². The molecule has 0 aliphatic carbocycles. The van der Waals surface area contributed by atoms with Crippen LogP contribution in [0.2, 0.25) is 0 Å². The summed E-state index contributed by atoms with van der Waals surface area (Å²) in [7, 11) is 0. The summed E-state index contributed by atoms with van der Waals surface area (Å²) >= 11 is 0. The molecule has 0 saturated carbocycles. The summed E-state index contributed by atoms with van der Waals surface area (Å²) in [6.07, 6.45) is 8.29. The fourth-order valence-electron chi connectivity index (χ4n) is 2.57. The molecule has 0 aliphatic rings. The Morgan fingerprint density at radius 2 is 1.52 bits per heavy atom. The van der Waals surface area contributed by atoms with Crippen LogP contribution in [0.1, 0.15) is 15.9 Å². The van der Waals surface area contributed by atoms with Crippen molar-refractivity contribution in [1.82, 2.24) is 0 Å². The molecule has 3 rings (SSSR count). The molecule has 0 spiro atoms. The minimum Gasteiger partial charge on any atom is -0.289 e. The normalized spacial score (nSPS) is 11.5. The quantitative estimate of drug-likeness (QED) is 0.351. The van der Waals surface area contributed by atoms with Crippen LogP contribution >= 0.6 is 0 Å². The van der Waals surface area contributed by atoms with Crippen molar-refractivity contribution in [1.29, 1.82) is 0 Å². The fourth-order valence-corrected chi connectivity index (χ4v) is 2.57. The highest BCUT2D eigenvalue weighted by molar-refractivity contribution is 6.13. The van der Waals surface area contributed by atoms with Gasteiger partial charge < -0.3 is 0 Å². The van der Waals surface area contributed by atoms with E-state index in [-0.39, 0.29) is 5.78 Å². The number of benzene rings is 3. The maximum absolute atomic E-state index is 12.4. The maximum atomic E-state index is 12.4. The molecule has 0 N–H and O–H groups in total. The van der Waals surface area contributed by atoms with Crippen molar-refractivity contribution in [2.45, 2.75) is 6.42 Å². The van der Waals surface area contributed by atoms with E-state index in [0.29, 0.717) is 0 Å². The molecule has 0 heterocycles. The first-order valence-electron chi connectivity index (χ1n) is 7.74. The average molecular weight is 298 g/mol. The van der Waals surface area contributed by atoms with E-state index in [4.69, 9.17) is 0 Å². The Bertz CT molecular complexity index is 852. The van der Waals surface area contributed by atoms with E-state index in [2.05, 4.69) is 18.2 Å². The first-order chi connectivity index (χ1) is 11.3. The summed E-state index contributed by atoms with van der Waals surface area (Å²) in [6.45, 7) is 0. The summed E-state index contributed by atoms with van der Waals surface area (Å²) < 4.78 is 0. The standard InChI is InChI=1S/C22H18O/c23-22(17-6-2-5-12-18-10-3-1-4-11-18)21-16-9-14-19-13-7-8-15-20(19)21/h1-11,13-17H,12H2/b5-2-,17-6+. The van der Waals surface area contributed by atoms with Crippen molar-refractivity contribution in [3.63, 3.8) is 0 Å². The first kappa shape index (κ1) is 15.0. The highest BCUT2D eigenvalue weighted by Crippen LogP contribution is 2.19. The third-order valence-electron chi connectivity index (χ3n) is 3.75. The third kappa shape index (κ3) is 3.83. The predicted octanol–water partition coefficient (Wildman–Crippen LogP) is 5.38. The molecule has 0 atom stereocenters. The molecule has 0 radical (unpaired) electrons. The van der Waals surface area contributed by atoms with Crippen LogP contribution in [-0.2, 0) is 6.42 Å². The highest BCUT2D eigenvalue weighted by atomic mass is 16.1. The van der Waals surface area contributed by atoms with E-state index >= 15 is 0 Å². The summed E-state index contributed by atoms with van der Waals surface area (Å²) in [5.41, 5.74) is 2.01. The number of hydrogen-bond donors (Lipinski definition) is 0. The lowest BCUT2D eigenvalue weighted by Gasteiger charge is -2.02. The van der Waals surface area contributed by atoms with Crippen molar-refractivity contribution in [2.24, 2.45) is 0 Å². The SMILES string of the molecule is O=C(/C=C/C=C\Cc1ccccc1)c1cccc2ccccc12. The van der Waals surface area contributed by atoms with Gasteiger partial charge >= 0.3 is 0 Å². The summed E-state index contributed by atoms with van der Waals surface area (Å²) in [6, 6.07) is 24.0. The van der Waals surface area contributed by atoms with Gasteiger partial charge in [-0.05, 0) is 28.8 Å². The average Bonchev–Trinajstić information content (AvgIpc) is 2.61. The van der Waals surface area contributed by atoms with Crippen molar-refractivity contribution in [3.8, 4) is 0 Å². The zero-order chi connectivity index (χ0) is 15.9. The minimum atomic E-state index is 0.0335. The molecule has 0 amide bonds. The Morgan fingerprint density at radius 1 is 0.783 bits per heavy atom. The van der Waals surface area contributed by atoms with Gasteiger partial charge in [-0.25, -0.2) is 0 Å². The molecule has 112 valence electrons. The van der Waals surface area contributed by atoms with Crippen molar-refractivity contribution in [2.75, 3.05) is 0 Å². The van der Waals surface area contributed by atoms with Gasteiger partial charge in [0.1, 0.15) is 0 Å². The third-order valence-corrected chi connectivity index (χ3v) is 3.75. The highest BCUT2D eigenvalue weighted by Gasteiger charge is 2.05. The van der Waals surface area contributed by atoms with Crippen LogP contribution in [0.4, 0.5) is 0 Å². The van der Waals surface area contributed by atoms with E-state index in [0.717, 1.165) is 22.8 Å². The van der Waals surface area contributed by atoms with E-state index in [1.165, 1.54) is 5.56 Å². The fraction of sp³-hybridized carbons (Fsp3) is 0.0455. The Hall–Kier alpha value is -2.93. The number of rotatable bonds is 5. The molecule has 0 aliphatic heterocycles. The van der Waals surface area contributed by atoms with Crippen LogP contribution in [0.3, 0.4) is 0 Å². The molecule has 23 heavy (non-hydrogen) atoms. The van der Waals surface area contributed by atoms with Gasteiger partial charge in [-0.15, -0.1) is 0 Å². The minimum absolute atomic E-state index is 0.0335. The lowest BCUT2D eigenvalue weighted by Crippen LogP contribution is -1.95.